The monoisotopic (exact) mass is 112 g/mol. The third kappa shape index (κ3) is 3.63. The first-order chi connectivity index (χ1) is 3.81. The van der Waals surface area contributed by atoms with Gasteiger partial charge in [0, 0.05) is 5.92 Å². The summed E-state index contributed by atoms with van der Waals surface area (Å²) in [7, 11) is 0. The van der Waals surface area contributed by atoms with Crippen molar-refractivity contribution in [2.75, 3.05) is 6.54 Å². The molecule has 0 amide bonds. The van der Waals surface area contributed by atoms with Crippen molar-refractivity contribution < 1.29 is 0 Å². The molecular weight excluding hydrogens is 100 g/mol. The van der Waals surface area contributed by atoms with Crippen LogP contribution in [-0.2, 0) is 0 Å². The van der Waals surface area contributed by atoms with Crippen molar-refractivity contribution in [3.63, 3.8) is 0 Å². The minimum atomic E-state index is 0.179. The molecule has 1 unspecified atom stereocenters. The summed E-state index contributed by atoms with van der Waals surface area (Å²) in [6, 6.07) is 2.14. The Morgan fingerprint density at radius 2 is 2.38 bits per heavy atom. The molecule has 2 heteroatoms. The summed E-state index contributed by atoms with van der Waals surface area (Å²) in [5.74, 6) is 0.179. The van der Waals surface area contributed by atoms with E-state index in [1.54, 1.807) is 0 Å². The SMILES string of the molecule is CC(C#N)CCCN. The van der Waals surface area contributed by atoms with Crippen LogP contribution >= 0.6 is 0 Å². The molecule has 0 aromatic rings. The Hall–Kier alpha value is -0.550. The van der Waals surface area contributed by atoms with E-state index in [9.17, 15) is 0 Å². The molecule has 0 aliphatic carbocycles. The molecule has 2 nitrogen and oxygen atoms in total. The van der Waals surface area contributed by atoms with Crippen molar-refractivity contribution in [1.29, 1.82) is 5.26 Å². The highest BCUT2D eigenvalue weighted by Crippen LogP contribution is 2.00. The van der Waals surface area contributed by atoms with Crippen LogP contribution in [0.1, 0.15) is 19.8 Å². The maximum Gasteiger partial charge on any atom is 0.0652 e. The number of nitriles is 1. The molecule has 0 aliphatic rings. The Kier molecular flexibility index (Phi) is 4.29. The standard InChI is InChI=1S/C6H12N2/c1-6(5-8)3-2-4-7/h6H,2-4,7H2,1H3. The molecule has 46 valence electrons. The van der Waals surface area contributed by atoms with E-state index in [1.165, 1.54) is 0 Å². The van der Waals surface area contributed by atoms with Gasteiger partial charge >= 0.3 is 0 Å². The van der Waals surface area contributed by atoms with E-state index in [2.05, 4.69) is 6.07 Å². The summed E-state index contributed by atoms with van der Waals surface area (Å²) in [6.45, 7) is 2.61. The summed E-state index contributed by atoms with van der Waals surface area (Å²) < 4.78 is 0. The predicted octanol–water partition coefficient (Wildman–Crippen LogP) is 0.885. The van der Waals surface area contributed by atoms with Gasteiger partial charge in [0.25, 0.3) is 0 Å². The van der Waals surface area contributed by atoms with Crippen LogP contribution < -0.4 is 5.73 Å². The van der Waals surface area contributed by atoms with E-state index in [0.717, 1.165) is 12.8 Å². The van der Waals surface area contributed by atoms with Gasteiger partial charge in [-0.2, -0.15) is 5.26 Å². The second-order valence-electron chi connectivity index (χ2n) is 1.96. The Labute approximate surface area is 50.3 Å². The smallest absolute Gasteiger partial charge is 0.0652 e. The van der Waals surface area contributed by atoms with Gasteiger partial charge in [0.05, 0.1) is 6.07 Å². The van der Waals surface area contributed by atoms with Gasteiger partial charge in [-0.05, 0) is 26.3 Å². The summed E-state index contributed by atoms with van der Waals surface area (Å²) in [4.78, 5) is 0. The van der Waals surface area contributed by atoms with Crippen LogP contribution in [0.25, 0.3) is 0 Å². The largest absolute Gasteiger partial charge is 0.330 e. The van der Waals surface area contributed by atoms with Crippen molar-refractivity contribution in [2.45, 2.75) is 19.8 Å². The number of nitrogens with zero attached hydrogens (tertiary/aromatic N) is 1. The minimum absolute atomic E-state index is 0.179. The number of hydrogen-bond donors (Lipinski definition) is 1. The second-order valence-corrected chi connectivity index (χ2v) is 1.96. The van der Waals surface area contributed by atoms with Gasteiger partial charge in [0.1, 0.15) is 0 Å². The zero-order valence-corrected chi connectivity index (χ0v) is 5.22. The van der Waals surface area contributed by atoms with Gasteiger partial charge < -0.3 is 5.73 Å². The molecule has 0 heterocycles. The van der Waals surface area contributed by atoms with Crippen LogP contribution in [0.2, 0.25) is 0 Å². The highest BCUT2D eigenvalue weighted by molar-refractivity contribution is 4.77. The van der Waals surface area contributed by atoms with E-state index in [0.29, 0.717) is 6.54 Å². The maximum absolute atomic E-state index is 8.27. The fourth-order valence-corrected chi connectivity index (χ4v) is 0.489. The number of nitrogens with two attached hydrogens (primary N) is 1. The zero-order valence-electron chi connectivity index (χ0n) is 5.22. The fourth-order valence-electron chi connectivity index (χ4n) is 0.489. The molecule has 8 heavy (non-hydrogen) atoms. The number of hydrogen-bond acceptors (Lipinski definition) is 2. The zero-order chi connectivity index (χ0) is 6.41. The Morgan fingerprint density at radius 3 is 2.75 bits per heavy atom. The van der Waals surface area contributed by atoms with E-state index in [4.69, 9.17) is 11.0 Å². The van der Waals surface area contributed by atoms with Gasteiger partial charge in [-0.25, -0.2) is 0 Å². The summed E-state index contributed by atoms with van der Waals surface area (Å²) in [6.07, 6.45) is 1.90. The second kappa shape index (κ2) is 4.61. The lowest BCUT2D eigenvalue weighted by atomic mass is 10.1. The topological polar surface area (TPSA) is 49.8 Å². The molecular formula is C6H12N2. The highest BCUT2D eigenvalue weighted by atomic mass is 14.5. The Morgan fingerprint density at radius 1 is 1.75 bits per heavy atom. The average Bonchev–Trinajstić information content (AvgIpc) is 1.83. The molecule has 0 radical (unpaired) electrons. The van der Waals surface area contributed by atoms with Crippen molar-refractivity contribution in [3.8, 4) is 6.07 Å². The molecule has 0 aliphatic heterocycles. The van der Waals surface area contributed by atoms with E-state index >= 15 is 0 Å². The molecule has 0 spiro atoms. The highest BCUT2D eigenvalue weighted by Gasteiger charge is 1.95. The van der Waals surface area contributed by atoms with Gasteiger partial charge in [-0.3, -0.25) is 0 Å². The minimum Gasteiger partial charge on any atom is -0.330 e. The van der Waals surface area contributed by atoms with Crippen LogP contribution in [0.4, 0.5) is 0 Å². The molecule has 0 rings (SSSR count). The summed E-state index contributed by atoms with van der Waals surface area (Å²) in [5, 5.41) is 8.27. The van der Waals surface area contributed by atoms with Gasteiger partial charge in [-0.15, -0.1) is 0 Å². The molecule has 2 N–H and O–H groups in total. The van der Waals surface area contributed by atoms with E-state index in [1.807, 2.05) is 6.92 Å². The molecule has 0 saturated carbocycles. The van der Waals surface area contributed by atoms with E-state index in [-0.39, 0.29) is 5.92 Å². The fraction of sp³-hybridized carbons (Fsp3) is 0.833. The first-order valence-electron chi connectivity index (χ1n) is 2.91. The Balaban J connectivity index is 3.02. The van der Waals surface area contributed by atoms with Crippen molar-refractivity contribution >= 4 is 0 Å². The third-order valence-corrected chi connectivity index (χ3v) is 1.06. The van der Waals surface area contributed by atoms with Crippen LogP contribution in [-0.4, -0.2) is 6.54 Å². The van der Waals surface area contributed by atoms with Gasteiger partial charge in [-0.1, -0.05) is 0 Å². The predicted molar refractivity (Wildman–Crippen MR) is 33.1 cm³/mol. The quantitative estimate of drug-likeness (QED) is 0.589. The van der Waals surface area contributed by atoms with Crippen LogP contribution in [0.5, 0.6) is 0 Å². The normalized spacial score (nSPS) is 12.6. The molecule has 0 fully saturated rings. The van der Waals surface area contributed by atoms with Crippen molar-refractivity contribution in [2.24, 2.45) is 11.7 Å². The lowest BCUT2D eigenvalue weighted by Crippen LogP contribution is -2.00. The van der Waals surface area contributed by atoms with Crippen LogP contribution in [0.15, 0.2) is 0 Å². The Bertz CT molecular complexity index is 83.0. The van der Waals surface area contributed by atoms with Crippen LogP contribution in [0, 0.1) is 17.2 Å². The average molecular weight is 112 g/mol. The van der Waals surface area contributed by atoms with Gasteiger partial charge in [0.2, 0.25) is 0 Å². The van der Waals surface area contributed by atoms with Crippen molar-refractivity contribution in [3.05, 3.63) is 0 Å². The lowest BCUT2D eigenvalue weighted by Gasteiger charge is -1.96. The summed E-state index contributed by atoms with van der Waals surface area (Å²) >= 11 is 0. The van der Waals surface area contributed by atoms with Crippen molar-refractivity contribution in [1.82, 2.24) is 0 Å². The first kappa shape index (κ1) is 7.45. The first-order valence-corrected chi connectivity index (χ1v) is 2.91. The molecule has 0 aromatic carbocycles. The molecule has 0 bridgehead atoms. The molecule has 0 saturated heterocycles. The molecule has 0 aromatic heterocycles. The summed E-state index contributed by atoms with van der Waals surface area (Å²) in [5.41, 5.74) is 5.22. The third-order valence-electron chi connectivity index (χ3n) is 1.06. The van der Waals surface area contributed by atoms with Gasteiger partial charge in [0.15, 0.2) is 0 Å². The van der Waals surface area contributed by atoms with E-state index < -0.39 is 0 Å². The molecule has 1 atom stereocenters. The number of rotatable bonds is 3. The lowest BCUT2D eigenvalue weighted by molar-refractivity contribution is 0.624. The maximum atomic E-state index is 8.27. The van der Waals surface area contributed by atoms with Crippen LogP contribution in [0.3, 0.4) is 0 Å².